The Morgan fingerprint density at radius 3 is 2.70 bits per heavy atom. The van der Waals surface area contributed by atoms with Crippen LogP contribution in [0, 0.1) is 0 Å². The van der Waals surface area contributed by atoms with Crippen LogP contribution < -0.4 is 11.1 Å². The van der Waals surface area contributed by atoms with Gasteiger partial charge >= 0.3 is 6.09 Å². The van der Waals surface area contributed by atoms with Gasteiger partial charge in [0.25, 0.3) is 0 Å². The lowest BCUT2D eigenvalue weighted by molar-refractivity contribution is 0.0174. The summed E-state index contributed by atoms with van der Waals surface area (Å²) in [5, 5.41) is 3.57. The van der Waals surface area contributed by atoms with Crippen LogP contribution in [0.2, 0.25) is 5.15 Å². The maximum absolute atomic E-state index is 12.9. The zero-order valence-electron chi connectivity index (χ0n) is 15.4. The van der Waals surface area contributed by atoms with Crippen LogP contribution in [0.3, 0.4) is 0 Å². The number of nitrogens with two attached hydrogens (primary N) is 1. The highest BCUT2D eigenvalue weighted by molar-refractivity contribution is 6.32. The van der Waals surface area contributed by atoms with Gasteiger partial charge in [0.1, 0.15) is 17.6 Å². The van der Waals surface area contributed by atoms with Gasteiger partial charge in [0.05, 0.1) is 18.1 Å². The molecule has 2 bridgehead atoms. The number of ether oxygens (including phenoxy) is 1. The van der Waals surface area contributed by atoms with Crippen molar-refractivity contribution < 1.29 is 9.53 Å². The van der Waals surface area contributed by atoms with E-state index in [0.717, 1.165) is 12.0 Å². The quantitative estimate of drug-likeness (QED) is 0.758. The number of carbonyl (C=O) groups is 1. The fourth-order valence-corrected chi connectivity index (χ4v) is 4.09. The van der Waals surface area contributed by atoms with Gasteiger partial charge in [0, 0.05) is 0 Å². The summed E-state index contributed by atoms with van der Waals surface area (Å²) in [6, 6.07) is 7.86. The van der Waals surface area contributed by atoms with E-state index in [4.69, 9.17) is 22.1 Å². The predicted molar refractivity (Wildman–Crippen MR) is 103 cm³/mol. The Morgan fingerprint density at radius 1 is 1.30 bits per heavy atom. The number of nitrogens with zero attached hydrogens (tertiary/aromatic N) is 3. The third kappa shape index (κ3) is 3.06. The van der Waals surface area contributed by atoms with Crippen LogP contribution in [-0.4, -0.2) is 32.6 Å². The molecule has 0 saturated carbocycles. The molecule has 8 heteroatoms. The molecule has 1 saturated heterocycles. The second-order valence-electron chi connectivity index (χ2n) is 7.89. The van der Waals surface area contributed by atoms with E-state index in [1.807, 2.05) is 37.8 Å². The Bertz CT molecular complexity index is 898. The molecular weight excluding hydrogens is 366 g/mol. The molecule has 7 nitrogen and oxygen atoms in total. The Morgan fingerprint density at radius 2 is 2.00 bits per heavy atom. The molecule has 1 unspecified atom stereocenters. The van der Waals surface area contributed by atoms with Gasteiger partial charge in [-0.2, -0.15) is 0 Å². The van der Waals surface area contributed by atoms with Gasteiger partial charge in [0.15, 0.2) is 11.0 Å². The molecule has 3 heterocycles. The maximum atomic E-state index is 12.9. The molecule has 3 N–H and O–H groups in total. The highest BCUT2D eigenvalue weighted by atomic mass is 35.5. The number of halogens is 1. The van der Waals surface area contributed by atoms with Crippen LogP contribution in [0.25, 0.3) is 0 Å². The van der Waals surface area contributed by atoms with Crippen molar-refractivity contribution in [3.05, 3.63) is 46.9 Å². The van der Waals surface area contributed by atoms with Crippen LogP contribution in [0.4, 0.5) is 16.3 Å². The lowest BCUT2D eigenvalue weighted by atomic mass is 9.88. The van der Waals surface area contributed by atoms with E-state index < -0.39 is 5.60 Å². The summed E-state index contributed by atoms with van der Waals surface area (Å²) in [6.07, 6.45) is 1.79. The van der Waals surface area contributed by atoms with Crippen molar-refractivity contribution in [2.45, 2.75) is 50.9 Å². The topological polar surface area (TPSA) is 93.4 Å². The minimum atomic E-state index is -0.557. The number of anilines is 2. The number of carbonyl (C=O) groups excluding carboxylic acids is 1. The van der Waals surface area contributed by atoms with Crippen molar-refractivity contribution in [2.75, 3.05) is 11.1 Å². The molecule has 2 aliphatic heterocycles. The number of fused-ring (bicyclic) bond motifs is 5. The molecule has 0 spiro atoms. The number of nitrogen functional groups attached to an aromatic ring is 1. The van der Waals surface area contributed by atoms with E-state index in [9.17, 15) is 4.79 Å². The number of rotatable bonds is 2. The summed E-state index contributed by atoms with van der Waals surface area (Å²) in [7, 11) is 0. The van der Waals surface area contributed by atoms with Gasteiger partial charge in [-0.3, -0.25) is 4.90 Å². The molecule has 1 amide bonds. The molecule has 4 rings (SSSR count). The van der Waals surface area contributed by atoms with Crippen molar-refractivity contribution in [3.63, 3.8) is 0 Å². The molecule has 1 fully saturated rings. The Kier molecular flexibility index (Phi) is 4.14. The summed E-state index contributed by atoms with van der Waals surface area (Å²) in [5.41, 5.74) is 8.04. The standard InChI is InChI=1S/C19H22ClN5O2/c1-19(2,3)27-18(26)25-13-8-12(15(25)11-7-5-4-6-10(11)13)24-17-14(21)16(20)22-9-23-17/h4-7,9,12-13,15H,8,21H2,1-3H3,(H,22,23,24)/t12?,13-,15-/m1/s1. The summed E-state index contributed by atoms with van der Waals surface area (Å²) < 4.78 is 5.66. The third-order valence-corrected chi connectivity index (χ3v) is 5.23. The van der Waals surface area contributed by atoms with Crippen LogP contribution in [-0.2, 0) is 4.74 Å². The van der Waals surface area contributed by atoms with Crippen molar-refractivity contribution >= 4 is 29.2 Å². The average Bonchev–Trinajstić information content (AvgIpc) is 3.11. The second kappa shape index (κ2) is 6.27. The Labute approximate surface area is 162 Å². The van der Waals surface area contributed by atoms with E-state index in [1.165, 1.54) is 11.9 Å². The highest BCUT2D eigenvalue weighted by Crippen LogP contribution is 2.54. The fraction of sp³-hybridized carbons (Fsp3) is 0.421. The van der Waals surface area contributed by atoms with Crippen molar-refractivity contribution in [3.8, 4) is 0 Å². The molecule has 1 aromatic heterocycles. The number of benzene rings is 1. The summed E-state index contributed by atoms with van der Waals surface area (Å²) in [5.74, 6) is 0.481. The molecular formula is C19H22ClN5O2. The molecule has 0 aliphatic carbocycles. The van der Waals surface area contributed by atoms with Gasteiger partial charge in [-0.1, -0.05) is 35.9 Å². The van der Waals surface area contributed by atoms with E-state index >= 15 is 0 Å². The number of hydrogen-bond donors (Lipinski definition) is 2. The molecule has 0 radical (unpaired) electrons. The fourth-order valence-electron chi connectivity index (χ4n) is 3.96. The van der Waals surface area contributed by atoms with Crippen LogP contribution in [0.15, 0.2) is 30.6 Å². The number of amides is 1. The predicted octanol–water partition coefficient (Wildman–Crippen LogP) is 3.93. The molecule has 3 atom stereocenters. The van der Waals surface area contributed by atoms with Gasteiger partial charge in [-0.05, 0) is 38.3 Å². The van der Waals surface area contributed by atoms with Gasteiger partial charge in [-0.15, -0.1) is 0 Å². The average molecular weight is 388 g/mol. The first-order valence-electron chi connectivity index (χ1n) is 8.89. The zero-order valence-corrected chi connectivity index (χ0v) is 16.2. The van der Waals surface area contributed by atoms with Crippen molar-refractivity contribution in [2.24, 2.45) is 0 Å². The van der Waals surface area contributed by atoms with Crippen molar-refractivity contribution in [1.29, 1.82) is 0 Å². The number of aromatic nitrogens is 2. The monoisotopic (exact) mass is 387 g/mol. The zero-order chi connectivity index (χ0) is 19.3. The first-order valence-corrected chi connectivity index (χ1v) is 9.26. The van der Waals surface area contributed by atoms with Crippen LogP contribution in [0.5, 0.6) is 0 Å². The van der Waals surface area contributed by atoms with Crippen LogP contribution in [0.1, 0.15) is 50.4 Å². The molecule has 142 valence electrons. The normalized spacial score (nSPS) is 23.3. The molecule has 2 aliphatic rings. The first-order chi connectivity index (χ1) is 12.8. The largest absolute Gasteiger partial charge is 0.444 e. The minimum Gasteiger partial charge on any atom is -0.444 e. The van der Waals surface area contributed by atoms with Gasteiger partial charge < -0.3 is 15.8 Å². The lowest BCUT2D eigenvalue weighted by Crippen LogP contribution is -2.37. The molecule has 1 aromatic carbocycles. The minimum absolute atomic E-state index is 0.0444. The third-order valence-electron chi connectivity index (χ3n) is 4.93. The van der Waals surface area contributed by atoms with Crippen LogP contribution >= 0.6 is 11.6 Å². The Hall–Kier alpha value is -2.54. The van der Waals surface area contributed by atoms with E-state index in [-0.39, 0.29) is 29.4 Å². The number of hydrogen-bond acceptors (Lipinski definition) is 6. The van der Waals surface area contributed by atoms with E-state index in [1.54, 1.807) is 0 Å². The second-order valence-corrected chi connectivity index (χ2v) is 8.25. The SMILES string of the molecule is CC(C)(C)OC(=O)N1[C@@H]2CC(Nc3ncnc(Cl)c3N)[C@H]1c1ccccc12. The first kappa shape index (κ1) is 17.9. The summed E-state index contributed by atoms with van der Waals surface area (Å²) in [6.45, 7) is 5.61. The summed E-state index contributed by atoms with van der Waals surface area (Å²) in [4.78, 5) is 22.8. The van der Waals surface area contributed by atoms with Crippen molar-refractivity contribution in [1.82, 2.24) is 14.9 Å². The Balaban J connectivity index is 1.67. The van der Waals surface area contributed by atoms with Gasteiger partial charge in [-0.25, -0.2) is 14.8 Å². The summed E-state index contributed by atoms with van der Waals surface area (Å²) >= 11 is 6.01. The highest BCUT2D eigenvalue weighted by Gasteiger charge is 2.53. The maximum Gasteiger partial charge on any atom is 0.411 e. The molecule has 2 aromatic rings. The smallest absolute Gasteiger partial charge is 0.411 e. The molecule has 27 heavy (non-hydrogen) atoms. The van der Waals surface area contributed by atoms with E-state index in [0.29, 0.717) is 11.5 Å². The van der Waals surface area contributed by atoms with Gasteiger partial charge in [0.2, 0.25) is 0 Å². The lowest BCUT2D eigenvalue weighted by Gasteiger charge is -2.29. The van der Waals surface area contributed by atoms with E-state index in [2.05, 4.69) is 27.4 Å². The number of nitrogens with one attached hydrogen (secondary N) is 1.